The first-order valence-electron chi connectivity index (χ1n) is 2.75. The van der Waals surface area contributed by atoms with Crippen LogP contribution in [0.5, 0.6) is 0 Å². The molecule has 0 saturated carbocycles. The predicted molar refractivity (Wildman–Crippen MR) is 35.4 cm³/mol. The zero-order valence-corrected chi connectivity index (χ0v) is 5.42. The van der Waals surface area contributed by atoms with Crippen molar-refractivity contribution >= 4 is 17.9 Å². The highest BCUT2D eigenvalue weighted by Gasteiger charge is 2.11. The first kappa shape index (κ1) is 6.67. The van der Waals surface area contributed by atoms with E-state index in [4.69, 9.17) is 0 Å². The number of rotatable bonds is 1. The van der Waals surface area contributed by atoms with Gasteiger partial charge >= 0.3 is 0 Å². The molecule has 0 radical (unpaired) electrons. The molecule has 4 heteroatoms. The van der Waals surface area contributed by atoms with E-state index in [1.165, 1.54) is 13.1 Å². The van der Waals surface area contributed by atoms with Crippen LogP contribution in [0.15, 0.2) is 16.9 Å². The smallest absolute Gasteiger partial charge is 0.221 e. The summed E-state index contributed by atoms with van der Waals surface area (Å²) in [6.07, 6.45) is 2.48. The lowest BCUT2D eigenvalue weighted by molar-refractivity contribution is -0.119. The minimum absolute atomic E-state index is 0.243. The summed E-state index contributed by atoms with van der Waals surface area (Å²) in [5, 5.41) is 2.34. The Kier molecular flexibility index (Phi) is 1.62. The highest BCUT2D eigenvalue weighted by Crippen LogP contribution is 1.96. The summed E-state index contributed by atoms with van der Waals surface area (Å²) < 4.78 is 0. The quantitative estimate of drug-likeness (QED) is 0.536. The molecule has 0 atom stereocenters. The van der Waals surface area contributed by atoms with E-state index in [1.807, 2.05) is 0 Å². The molecule has 0 saturated heterocycles. The van der Waals surface area contributed by atoms with Crippen LogP contribution in [0.1, 0.15) is 6.92 Å². The fraction of sp³-hybridized carbons (Fsp3) is 0.167. The normalized spacial score (nSPS) is 15.3. The lowest BCUT2D eigenvalue weighted by atomic mass is 10.3. The molecule has 0 fully saturated rings. The summed E-state index contributed by atoms with van der Waals surface area (Å²) in [5.74, 6) is -0.514. The van der Waals surface area contributed by atoms with Crippen molar-refractivity contribution in [3.8, 4) is 0 Å². The Balaban J connectivity index is 2.61. The number of carbonyl (C=O) groups is 2. The number of ketones is 1. The van der Waals surface area contributed by atoms with Gasteiger partial charge in [-0.25, -0.2) is 0 Å². The van der Waals surface area contributed by atoms with Crippen molar-refractivity contribution in [3.63, 3.8) is 0 Å². The molecule has 1 heterocycles. The maximum atomic E-state index is 10.7. The van der Waals surface area contributed by atoms with E-state index >= 15 is 0 Å². The molecule has 0 unspecified atom stereocenters. The third-order valence-corrected chi connectivity index (χ3v) is 0.972. The number of hydrogen-bond acceptors (Lipinski definition) is 3. The van der Waals surface area contributed by atoms with Gasteiger partial charge in [-0.2, -0.15) is 0 Å². The van der Waals surface area contributed by atoms with Gasteiger partial charge in [0, 0.05) is 6.92 Å². The number of aliphatic imine (C=N–C) groups is 1. The largest absolute Gasteiger partial charge is 0.322 e. The van der Waals surface area contributed by atoms with Gasteiger partial charge in [-0.15, -0.1) is 0 Å². The standard InChI is InChI=1S/C6H6N2O2/c1-4(9)8-5-2-7-3-6(5)10/h2-3H,1H3,(H,8,9,10). The highest BCUT2D eigenvalue weighted by molar-refractivity contribution is 6.37. The van der Waals surface area contributed by atoms with E-state index in [1.54, 1.807) is 0 Å². The molecule has 10 heavy (non-hydrogen) atoms. The monoisotopic (exact) mass is 138 g/mol. The Morgan fingerprint density at radius 2 is 2.40 bits per heavy atom. The van der Waals surface area contributed by atoms with Crippen molar-refractivity contribution < 1.29 is 9.59 Å². The minimum Gasteiger partial charge on any atom is -0.322 e. The lowest BCUT2D eigenvalue weighted by Gasteiger charge is -1.96. The second-order valence-electron chi connectivity index (χ2n) is 1.87. The molecule has 1 amide bonds. The molecule has 0 aromatic heterocycles. The van der Waals surface area contributed by atoms with Gasteiger partial charge in [0.1, 0.15) is 5.70 Å². The van der Waals surface area contributed by atoms with E-state index in [0.29, 0.717) is 0 Å². The maximum absolute atomic E-state index is 10.7. The predicted octanol–water partition coefficient (Wildman–Crippen LogP) is -0.383. The average Bonchev–Trinajstić information content (AvgIpc) is 2.15. The zero-order valence-electron chi connectivity index (χ0n) is 5.42. The third-order valence-electron chi connectivity index (χ3n) is 0.972. The van der Waals surface area contributed by atoms with Crippen LogP contribution in [-0.4, -0.2) is 17.9 Å². The molecule has 4 nitrogen and oxygen atoms in total. The molecule has 0 bridgehead atoms. The van der Waals surface area contributed by atoms with Gasteiger partial charge in [-0.3, -0.25) is 14.6 Å². The van der Waals surface area contributed by atoms with Gasteiger partial charge in [-0.1, -0.05) is 0 Å². The van der Waals surface area contributed by atoms with E-state index < -0.39 is 0 Å². The fourth-order valence-electron chi connectivity index (χ4n) is 0.596. The molecular weight excluding hydrogens is 132 g/mol. The van der Waals surface area contributed by atoms with Gasteiger partial charge in [-0.05, 0) is 0 Å². The van der Waals surface area contributed by atoms with Crippen molar-refractivity contribution in [2.45, 2.75) is 6.92 Å². The molecule has 1 rings (SSSR count). The number of allylic oxidation sites excluding steroid dienone is 1. The van der Waals surface area contributed by atoms with Crippen LogP contribution in [0, 0.1) is 0 Å². The van der Waals surface area contributed by atoms with Crippen molar-refractivity contribution in [2.24, 2.45) is 4.99 Å². The lowest BCUT2D eigenvalue weighted by Crippen LogP contribution is -2.23. The highest BCUT2D eigenvalue weighted by atomic mass is 16.2. The Morgan fingerprint density at radius 1 is 1.70 bits per heavy atom. The molecular formula is C6H6N2O2. The fourth-order valence-corrected chi connectivity index (χ4v) is 0.596. The SMILES string of the molecule is CC(=O)NC1=CN=CC1=O. The average molecular weight is 138 g/mol. The number of carbonyl (C=O) groups excluding carboxylic acids is 2. The molecule has 1 N–H and O–H groups in total. The van der Waals surface area contributed by atoms with E-state index in [-0.39, 0.29) is 17.4 Å². The summed E-state index contributed by atoms with van der Waals surface area (Å²) in [4.78, 5) is 24.6. The van der Waals surface area contributed by atoms with Gasteiger partial charge in [0.05, 0.1) is 12.4 Å². The second-order valence-corrected chi connectivity index (χ2v) is 1.87. The van der Waals surface area contributed by atoms with Crippen LogP contribution in [0.2, 0.25) is 0 Å². The van der Waals surface area contributed by atoms with Crippen LogP contribution >= 0.6 is 0 Å². The van der Waals surface area contributed by atoms with E-state index in [2.05, 4.69) is 10.3 Å². The Hall–Kier alpha value is -1.45. The maximum Gasteiger partial charge on any atom is 0.221 e. The first-order valence-corrected chi connectivity index (χ1v) is 2.75. The minimum atomic E-state index is -0.259. The second kappa shape index (κ2) is 2.43. The van der Waals surface area contributed by atoms with Crippen molar-refractivity contribution in [2.75, 3.05) is 0 Å². The van der Waals surface area contributed by atoms with Crippen molar-refractivity contribution in [1.29, 1.82) is 0 Å². The molecule has 0 aromatic rings. The summed E-state index contributed by atoms with van der Waals surface area (Å²) in [5.41, 5.74) is 0.243. The van der Waals surface area contributed by atoms with Crippen LogP contribution in [0.4, 0.5) is 0 Å². The van der Waals surface area contributed by atoms with Crippen LogP contribution in [-0.2, 0) is 9.59 Å². The summed E-state index contributed by atoms with van der Waals surface area (Å²) in [6, 6.07) is 0. The molecule has 0 aliphatic carbocycles. The Bertz CT molecular complexity index is 240. The summed E-state index contributed by atoms with van der Waals surface area (Å²) in [7, 11) is 0. The number of hydrogen-bond donors (Lipinski definition) is 1. The van der Waals surface area contributed by atoms with Crippen molar-refractivity contribution in [1.82, 2.24) is 5.32 Å². The Labute approximate surface area is 57.6 Å². The van der Waals surface area contributed by atoms with Gasteiger partial charge < -0.3 is 5.32 Å². The van der Waals surface area contributed by atoms with Crippen molar-refractivity contribution in [3.05, 3.63) is 11.9 Å². The Morgan fingerprint density at radius 3 is 2.80 bits per heavy atom. The van der Waals surface area contributed by atoms with Crippen LogP contribution < -0.4 is 5.32 Å². The molecule has 0 aromatic carbocycles. The van der Waals surface area contributed by atoms with E-state index in [0.717, 1.165) is 6.21 Å². The number of amides is 1. The van der Waals surface area contributed by atoms with E-state index in [9.17, 15) is 9.59 Å². The molecule has 52 valence electrons. The summed E-state index contributed by atoms with van der Waals surface area (Å²) in [6.45, 7) is 1.34. The number of nitrogens with zero attached hydrogens (tertiary/aromatic N) is 1. The van der Waals surface area contributed by atoms with Gasteiger partial charge in [0.25, 0.3) is 0 Å². The first-order chi connectivity index (χ1) is 4.70. The topological polar surface area (TPSA) is 58.5 Å². The van der Waals surface area contributed by atoms with Crippen LogP contribution in [0.3, 0.4) is 0 Å². The van der Waals surface area contributed by atoms with Gasteiger partial charge in [0.2, 0.25) is 11.7 Å². The van der Waals surface area contributed by atoms with Crippen LogP contribution in [0.25, 0.3) is 0 Å². The number of Topliss-reactive ketones (excluding diaryl/α,β-unsaturated/α-hetero) is 1. The third kappa shape index (κ3) is 1.28. The summed E-state index contributed by atoms with van der Waals surface area (Å²) >= 11 is 0. The zero-order chi connectivity index (χ0) is 7.56. The molecule has 0 spiro atoms. The molecule has 1 aliphatic rings. The number of nitrogens with one attached hydrogen (secondary N) is 1. The molecule has 1 aliphatic heterocycles. The van der Waals surface area contributed by atoms with Gasteiger partial charge in [0.15, 0.2) is 0 Å².